The van der Waals surface area contributed by atoms with E-state index in [1.165, 1.54) is 0 Å². The van der Waals surface area contributed by atoms with Crippen LogP contribution in [-0.2, 0) is 9.59 Å². The van der Waals surface area contributed by atoms with Gasteiger partial charge in [-0.25, -0.2) is 9.97 Å². The minimum Gasteiger partial charge on any atom is -0.480 e. The normalized spacial score (nSPS) is 12.9. The fourth-order valence-corrected chi connectivity index (χ4v) is 4.65. The summed E-state index contributed by atoms with van der Waals surface area (Å²) in [4.78, 5) is 32.3. The Bertz CT molecular complexity index is 922. The van der Waals surface area contributed by atoms with Crippen LogP contribution in [0, 0.1) is 6.92 Å². The quantitative estimate of drug-likeness (QED) is 0.306. The second-order valence-corrected chi connectivity index (χ2v) is 8.32. The molecule has 8 heteroatoms. The summed E-state index contributed by atoms with van der Waals surface area (Å²) in [5, 5.41) is 18.4. The van der Waals surface area contributed by atoms with E-state index in [4.69, 9.17) is 0 Å². The van der Waals surface area contributed by atoms with Crippen LogP contribution in [0.1, 0.15) is 27.3 Å². The molecule has 0 aliphatic rings. The SMILES string of the molecule is Cc1cc(S[C@@H](C(=O)O)c2ccccc2)nc(S[C@@H](C(=O)O)c2ccccc2)n1. The summed E-state index contributed by atoms with van der Waals surface area (Å²) in [6, 6.07) is 19.5. The molecule has 2 aromatic carbocycles. The summed E-state index contributed by atoms with van der Waals surface area (Å²) in [6.45, 7) is 1.77. The Morgan fingerprint density at radius 1 is 0.793 bits per heavy atom. The van der Waals surface area contributed by atoms with E-state index in [-0.39, 0.29) is 0 Å². The minimum atomic E-state index is -0.992. The summed E-state index contributed by atoms with van der Waals surface area (Å²) in [5.74, 6) is -1.97. The molecule has 0 spiro atoms. The number of hydrogen-bond donors (Lipinski definition) is 2. The first-order chi connectivity index (χ1) is 13.9. The molecular formula is C21H18N2O4S2. The Morgan fingerprint density at radius 2 is 1.28 bits per heavy atom. The lowest BCUT2D eigenvalue weighted by Crippen LogP contribution is -2.10. The molecule has 0 saturated carbocycles. The lowest BCUT2D eigenvalue weighted by Gasteiger charge is -2.14. The zero-order valence-electron chi connectivity index (χ0n) is 15.4. The standard InChI is InChI=1S/C21H18N2O4S2/c1-13-12-16(28-17(19(24)25)14-8-4-2-5-9-14)23-21(22-13)29-18(20(26)27)15-10-6-3-7-11-15/h2-12,17-18H,1H3,(H,24,25)(H,26,27)/t17-,18-/m1/s1. The number of thioether (sulfide) groups is 2. The molecule has 3 rings (SSSR count). The van der Waals surface area contributed by atoms with Gasteiger partial charge in [-0.2, -0.15) is 0 Å². The molecule has 0 unspecified atom stereocenters. The molecule has 0 bridgehead atoms. The molecule has 3 aromatic rings. The maximum absolute atomic E-state index is 11.8. The number of aliphatic carboxylic acids is 2. The van der Waals surface area contributed by atoms with Gasteiger partial charge < -0.3 is 10.2 Å². The molecule has 6 nitrogen and oxygen atoms in total. The van der Waals surface area contributed by atoms with Crippen LogP contribution in [0.4, 0.5) is 0 Å². The molecule has 0 radical (unpaired) electrons. The zero-order chi connectivity index (χ0) is 20.8. The van der Waals surface area contributed by atoms with Crippen molar-refractivity contribution in [2.24, 2.45) is 0 Å². The molecule has 2 N–H and O–H groups in total. The third kappa shape index (κ3) is 5.58. The van der Waals surface area contributed by atoms with Gasteiger partial charge in [0.05, 0.1) is 0 Å². The smallest absolute Gasteiger partial charge is 0.321 e. The van der Waals surface area contributed by atoms with E-state index < -0.39 is 22.4 Å². The minimum absolute atomic E-state index is 0.293. The highest BCUT2D eigenvalue weighted by atomic mass is 32.2. The van der Waals surface area contributed by atoms with Gasteiger partial charge in [-0.3, -0.25) is 9.59 Å². The Morgan fingerprint density at radius 3 is 1.76 bits per heavy atom. The summed E-state index contributed by atoms with van der Waals surface area (Å²) in [5.41, 5.74) is 1.93. The van der Waals surface area contributed by atoms with Gasteiger partial charge in [0.25, 0.3) is 0 Å². The van der Waals surface area contributed by atoms with Gasteiger partial charge in [0.1, 0.15) is 15.5 Å². The van der Waals surface area contributed by atoms with Gasteiger partial charge in [0.15, 0.2) is 5.16 Å². The van der Waals surface area contributed by atoms with Crippen molar-refractivity contribution >= 4 is 35.5 Å². The molecule has 148 valence electrons. The topological polar surface area (TPSA) is 100 Å². The highest BCUT2D eigenvalue weighted by Gasteiger charge is 2.25. The number of rotatable bonds is 8. The molecule has 0 aliphatic carbocycles. The highest BCUT2D eigenvalue weighted by Crippen LogP contribution is 2.38. The van der Waals surface area contributed by atoms with Crippen LogP contribution in [0.5, 0.6) is 0 Å². The lowest BCUT2D eigenvalue weighted by atomic mass is 10.1. The molecule has 1 aromatic heterocycles. The number of nitrogens with zero attached hydrogens (tertiary/aromatic N) is 2. The van der Waals surface area contributed by atoms with Gasteiger partial charge in [0.2, 0.25) is 0 Å². The van der Waals surface area contributed by atoms with Crippen molar-refractivity contribution < 1.29 is 19.8 Å². The fourth-order valence-electron chi connectivity index (χ4n) is 2.63. The molecule has 2 atom stereocenters. The van der Waals surface area contributed by atoms with E-state index in [2.05, 4.69) is 9.97 Å². The van der Waals surface area contributed by atoms with E-state index in [1.807, 2.05) is 12.1 Å². The van der Waals surface area contributed by atoms with E-state index in [0.717, 1.165) is 23.5 Å². The van der Waals surface area contributed by atoms with Crippen LogP contribution in [0.25, 0.3) is 0 Å². The molecular weight excluding hydrogens is 408 g/mol. The average molecular weight is 427 g/mol. The van der Waals surface area contributed by atoms with E-state index in [0.29, 0.717) is 27.0 Å². The van der Waals surface area contributed by atoms with Crippen LogP contribution in [0.2, 0.25) is 0 Å². The van der Waals surface area contributed by atoms with E-state index >= 15 is 0 Å². The molecule has 1 heterocycles. The van der Waals surface area contributed by atoms with Crippen molar-refractivity contribution in [2.75, 3.05) is 0 Å². The second-order valence-electron chi connectivity index (χ2n) is 6.12. The van der Waals surface area contributed by atoms with Gasteiger partial charge >= 0.3 is 11.9 Å². The zero-order valence-corrected chi connectivity index (χ0v) is 17.1. The van der Waals surface area contributed by atoms with Crippen LogP contribution in [0.15, 0.2) is 76.9 Å². The van der Waals surface area contributed by atoms with E-state index in [1.54, 1.807) is 61.5 Å². The number of aromatic nitrogens is 2. The first kappa shape index (κ1) is 20.9. The summed E-state index contributed by atoms with van der Waals surface area (Å²) in [7, 11) is 0. The Balaban J connectivity index is 1.87. The van der Waals surface area contributed by atoms with Crippen LogP contribution < -0.4 is 0 Å². The van der Waals surface area contributed by atoms with E-state index in [9.17, 15) is 19.8 Å². The first-order valence-corrected chi connectivity index (χ1v) is 10.4. The third-order valence-electron chi connectivity index (χ3n) is 3.93. The predicted octanol–water partition coefficient (Wildman–Crippen LogP) is 4.62. The Kier molecular flexibility index (Phi) is 6.90. The molecule has 29 heavy (non-hydrogen) atoms. The van der Waals surface area contributed by atoms with Crippen LogP contribution in [-0.4, -0.2) is 32.1 Å². The molecule has 0 aliphatic heterocycles. The number of carboxylic acids is 2. The molecule has 0 fully saturated rings. The van der Waals surface area contributed by atoms with Crippen LogP contribution >= 0.6 is 23.5 Å². The number of carboxylic acid groups (broad SMARTS) is 2. The summed E-state index contributed by atoms with van der Waals surface area (Å²) in [6.07, 6.45) is 0. The maximum atomic E-state index is 11.8. The third-order valence-corrected chi connectivity index (χ3v) is 6.19. The van der Waals surface area contributed by atoms with Gasteiger partial charge in [-0.15, -0.1) is 0 Å². The summed E-state index contributed by atoms with van der Waals surface area (Å²) < 4.78 is 0. The monoisotopic (exact) mass is 426 g/mol. The first-order valence-electron chi connectivity index (χ1n) is 8.68. The largest absolute Gasteiger partial charge is 0.480 e. The number of hydrogen-bond acceptors (Lipinski definition) is 6. The Labute approximate surface area is 176 Å². The number of benzene rings is 2. The maximum Gasteiger partial charge on any atom is 0.321 e. The van der Waals surface area contributed by atoms with Crippen molar-refractivity contribution in [1.29, 1.82) is 0 Å². The highest BCUT2D eigenvalue weighted by molar-refractivity contribution is 8.00. The van der Waals surface area contributed by atoms with Crippen molar-refractivity contribution in [3.63, 3.8) is 0 Å². The summed E-state index contributed by atoms with van der Waals surface area (Å²) >= 11 is 2.13. The molecule has 0 saturated heterocycles. The van der Waals surface area contributed by atoms with Crippen molar-refractivity contribution in [3.05, 3.63) is 83.6 Å². The lowest BCUT2D eigenvalue weighted by molar-refractivity contribution is -0.137. The molecule has 0 amide bonds. The van der Waals surface area contributed by atoms with Gasteiger partial charge in [-0.05, 0) is 24.1 Å². The average Bonchev–Trinajstić information content (AvgIpc) is 2.71. The van der Waals surface area contributed by atoms with Crippen molar-refractivity contribution in [1.82, 2.24) is 9.97 Å². The van der Waals surface area contributed by atoms with Crippen LogP contribution in [0.3, 0.4) is 0 Å². The Hall–Kier alpha value is -2.84. The van der Waals surface area contributed by atoms with Crippen molar-refractivity contribution in [3.8, 4) is 0 Å². The fraction of sp³-hybridized carbons (Fsp3) is 0.143. The second kappa shape index (κ2) is 9.58. The van der Waals surface area contributed by atoms with Crippen molar-refractivity contribution in [2.45, 2.75) is 27.6 Å². The predicted molar refractivity (Wildman–Crippen MR) is 112 cm³/mol. The number of carbonyl (C=O) groups is 2. The van der Waals surface area contributed by atoms with Gasteiger partial charge in [-0.1, -0.05) is 84.2 Å². The van der Waals surface area contributed by atoms with Gasteiger partial charge in [0, 0.05) is 5.69 Å². The number of aryl methyl sites for hydroxylation is 1.